The van der Waals surface area contributed by atoms with E-state index in [-0.39, 0.29) is 11.6 Å². The molecule has 17 heavy (non-hydrogen) atoms. The maximum absolute atomic E-state index is 6.25. The summed E-state index contributed by atoms with van der Waals surface area (Å²) in [6, 6.07) is 5.86. The van der Waals surface area contributed by atoms with Crippen molar-refractivity contribution in [3.63, 3.8) is 0 Å². The van der Waals surface area contributed by atoms with Crippen molar-refractivity contribution in [3.8, 4) is 5.75 Å². The fourth-order valence-electron chi connectivity index (χ4n) is 1.81. The second kappa shape index (κ2) is 5.71. The normalized spacial score (nSPS) is 13.5. The highest BCUT2D eigenvalue weighted by atomic mass is 35.5. The Morgan fingerprint density at radius 1 is 1.47 bits per heavy atom. The number of benzene rings is 1. The third-order valence-corrected chi connectivity index (χ3v) is 2.99. The molecule has 0 heterocycles. The molecule has 1 rings (SSSR count). The highest BCUT2D eigenvalue weighted by Crippen LogP contribution is 2.30. The lowest BCUT2D eigenvalue weighted by Gasteiger charge is -2.26. The van der Waals surface area contributed by atoms with Gasteiger partial charge in [0.1, 0.15) is 5.75 Å². The molecule has 3 N–H and O–H groups in total. The molecule has 0 bridgehead atoms. The summed E-state index contributed by atoms with van der Waals surface area (Å²) in [5.74, 6) is 0.764. The minimum atomic E-state index is -0.239. The molecule has 0 aliphatic heterocycles. The lowest BCUT2D eigenvalue weighted by molar-refractivity contribution is 0.394. The molecule has 0 aliphatic carbocycles. The zero-order chi connectivity index (χ0) is 13.1. The first-order chi connectivity index (χ1) is 7.87. The van der Waals surface area contributed by atoms with E-state index in [4.69, 9.17) is 22.1 Å². The number of methoxy groups -OCH3 is 1. The molecule has 1 atom stereocenters. The molecule has 0 aliphatic rings. The van der Waals surface area contributed by atoms with Crippen molar-refractivity contribution in [2.24, 2.45) is 5.73 Å². The van der Waals surface area contributed by atoms with Crippen LogP contribution in [-0.2, 0) is 0 Å². The summed E-state index contributed by atoms with van der Waals surface area (Å²) >= 11 is 6.25. The van der Waals surface area contributed by atoms with Gasteiger partial charge < -0.3 is 15.8 Å². The van der Waals surface area contributed by atoms with Crippen molar-refractivity contribution in [2.75, 3.05) is 14.2 Å². The molecule has 0 aromatic heterocycles. The van der Waals surface area contributed by atoms with E-state index in [1.807, 2.05) is 39.1 Å². The number of hydrogen-bond donors (Lipinski definition) is 2. The lowest BCUT2D eigenvalue weighted by Crippen LogP contribution is -2.36. The molecule has 0 saturated heterocycles. The average Bonchev–Trinajstić information content (AvgIpc) is 2.24. The van der Waals surface area contributed by atoms with Crippen LogP contribution in [0.5, 0.6) is 5.75 Å². The van der Waals surface area contributed by atoms with Crippen LogP contribution in [0.3, 0.4) is 0 Å². The summed E-state index contributed by atoms with van der Waals surface area (Å²) in [5.41, 5.74) is 6.86. The van der Waals surface area contributed by atoms with Gasteiger partial charge in [-0.25, -0.2) is 0 Å². The van der Waals surface area contributed by atoms with Gasteiger partial charge in [-0.2, -0.15) is 0 Å². The van der Waals surface area contributed by atoms with Gasteiger partial charge >= 0.3 is 0 Å². The zero-order valence-corrected chi connectivity index (χ0v) is 11.6. The van der Waals surface area contributed by atoms with Crippen molar-refractivity contribution in [1.29, 1.82) is 0 Å². The van der Waals surface area contributed by atoms with Crippen molar-refractivity contribution >= 4 is 11.6 Å². The van der Waals surface area contributed by atoms with Gasteiger partial charge in [0.05, 0.1) is 7.11 Å². The highest BCUT2D eigenvalue weighted by molar-refractivity contribution is 6.31. The Hall–Kier alpha value is -0.770. The van der Waals surface area contributed by atoms with E-state index in [2.05, 4.69) is 5.32 Å². The average molecular weight is 257 g/mol. The Morgan fingerprint density at radius 2 is 2.12 bits per heavy atom. The van der Waals surface area contributed by atoms with Gasteiger partial charge in [-0.1, -0.05) is 17.7 Å². The maximum atomic E-state index is 6.25. The van der Waals surface area contributed by atoms with Crippen molar-refractivity contribution in [2.45, 2.75) is 31.8 Å². The largest absolute Gasteiger partial charge is 0.497 e. The summed E-state index contributed by atoms with van der Waals surface area (Å²) < 4.78 is 5.13. The van der Waals surface area contributed by atoms with Crippen LogP contribution in [0.1, 0.15) is 31.9 Å². The number of hydrogen-bond acceptors (Lipinski definition) is 3. The third-order valence-electron chi connectivity index (χ3n) is 2.66. The van der Waals surface area contributed by atoms with E-state index in [1.165, 1.54) is 0 Å². The second-order valence-corrected chi connectivity index (χ2v) is 5.33. The van der Waals surface area contributed by atoms with Crippen LogP contribution < -0.4 is 15.8 Å². The highest BCUT2D eigenvalue weighted by Gasteiger charge is 2.21. The molecule has 0 radical (unpaired) electrons. The van der Waals surface area contributed by atoms with Crippen LogP contribution in [0.25, 0.3) is 0 Å². The fourth-order valence-corrected chi connectivity index (χ4v) is 2.11. The summed E-state index contributed by atoms with van der Waals surface area (Å²) in [6.45, 7) is 4.02. The van der Waals surface area contributed by atoms with E-state index in [9.17, 15) is 0 Å². The molecule has 4 heteroatoms. The standard InChI is InChI=1S/C13H21ClN2O/c1-13(2,15)8-12(16-3)10-6-5-9(17-4)7-11(10)14/h5-7,12,16H,8,15H2,1-4H3. The van der Waals surface area contributed by atoms with Crippen LogP contribution >= 0.6 is 11.6 Å². The van der Waals surface area contributed by atoms with Gasteiger partial charge in [0.2, 0.25) is 0 Å². The van der Waals surface area contributed by atoms with Crippen LogP contribution in [0.4, 0.5) is 0 Å². The van der Waals surface area contributed by atoms with Gasteiger partial charge in [-0.15, -0.1) is 0 Å². The fraction of sp³-hybridized carbons (Fsp3) is 0.538. The van der Waals surface area contributed by atoms with E-state index in [1.54, 1.807) is 7.11 Å². The van der Waals surface area contributed by atoms with Gasteiger partial charge in [0, 0.05) is 16.6 Å². The number of nitrogens with one attached hydrogen (secondary N) is 1. The molecular weight excluding hydrogens is 236 g/mol. The summed E-state index contributed by atoms with van der Waals surface area (Å²) in [6.07, 6.45) is 0.815. The van der Waals surface area contributed by atoms with Crippen molar-refractivity contribution in [3.05, 3.63) is 28.8 Å². The number of nitrogens with two attached hydrogens (primary N) is 1. The SMILES string of the molecule is CNC(CC(C)(C)N)c1ccc(OC)cc1Cl. The second-order valence-electron chi connectivity index (χ2n) is 4.92. The lowest BCUT2D eigenvalue weighted by atomic mass is 9.92. The Balaban J connectivity index is 2.96. The molecular formula is C13H21ClN2O. The topological polar surface area (TPSA) is 47.3 Å². The minimum absolute atomic E-state index is 0.147. The van der Waals surface area contributed by atoms with Crippen LogP contribution in [-0.4, -0.2) is 19.7 Å². The molecule has 3 nitrogen and oxygen atoms in total. The zero-order valence-electron chi connectivity index (χ0n) is 10.9. The van der Waals surface area contributed by atoms with Crippen molar-refractivity contribution in [1.82, 2.24) is 5.32 Å². The van der Waals surface area contributed by atoms with Crippen LogP contribution in [0, 0.1) is 0 Å². The molecule has 1 unspecified atom stereocenters. The predicted octanol–water partition coefficient (Wildman–Crippen LogP) is 2.74. The number of rotatable bonds is 5. The molecule has 0 spiro atoms. The van der Waals surface area contributed by atoms with Crippen LogP contribution in [0.2, 0.25) is 5.02 Å². The molecule has 1 aromatic carbocycles. The molecule has 96 valence electrons. The number of ether oxygens (including phenoxy) is 1. The van der Waals surface area contributed by atoms with Gasteiger partial charge in [-0.3, -0.25) is 0 Å². The maximum Gasteiger partial charge on any atom is 0.120 e. The van der Waals surface area contributed by atoms with E-state index in [0.29, 0.717) is 5.02 Å². The summed E-state index contributed by atoms with van der Waals surface area (Å²) in [5, 5.41) is 3.95. The monoisotopic (exact) mass is 256 g/mol. The minimum Gasteiger partial charge on any atom is -0.497 e. The van der Waals surface area contributed by atoms with Gasteiger partial charge in [-0.05, 0) is 45.0 Å². The first-order valence-electron chi connectivity index (χ1n) is 5.67. The van der Waals surface area contributed by atoms with Crippen molar-refractivity contribution < 1.29 is 4.74 Å². The Kier molecular flexibility index (Phi) is 4.80. The first-order valence-corrected chi connectivity index (χ1v) is 6.05. The summed E-state index contributed by atoms with van der Waals surface area (Å²) in [7, 11) is 3.54. The molecule has 0 fully saturated rings. The van der Waals surface area contributed by atoms with E-state index >= 15 is 0 Å². The summed E-state index contributed by atoms with van der Waals surface area (Å²) in [4.78, 5) is 0. The smallest absolute Gasteiger partial charge is 0.120 e. The third kappa shape index (κ3) is 4.19. The van der Waals surface area contributed by atoms with Gasteiger partial charge in [0.15, 0.2) is 0 Å². The quantitative estimate of drug-likeness (QED) is 0.852. The molecule has 0 saturated carbocycles. The predicted molar refractivity (Wildman–Crippen MR) is 72.7 cm³/mol. The Morgan fingerprint density at radius 3 is 2.53 bits per heavy atom. The first kappa shape index (κ1) is 14.3. The van der Waals surface area contributed by atoms with Crippen LogP contribution in [0.15, 0.2) is 18.2 Å². The Bertz CT molecular complexity index is 374. The van der Waals surface area contributed by atoms with E-state index < -0.39 is 0 Å². The van der Waals surface area contributed by atoms with E-state index in [0.717, 1.165) is 17.7 Å². The Labute approximate surface area is 108 Å². The van der Waals surface area contributed by atoms with Gasteiger partial charge in [0.25, 0.3) is 0 Å². The molecule has 0 amide bonds. The molecule has 1 aromatic rings. The number of halogens is 1.